The first-order valence-electron chi connectivity index (χ1n) is 12.6. The molecule has 8 nitrogen and oxygen atoms in total. The van der Waals surface area contributed by atoms with Gasteiger partial charge in [-0.1, -0.05) is 22.4 Å². The molecule has 8 heteroatoms. The summed E-state index contributed by atoms with van der Waals surface area (Å²) in [6.07, 6.45) is 4.44. The molecule has 5 rings (SSSR count). The highest BCUT2D eigenvalue weighted by molar-refractivity contribution is 5.99. The molecule has 0 unspecified atom stereocenters. The largest absolute Gasteiger partial charge is 0.489 e. The number of carbonyl (C=O) groups excluding carboxylic acids is 1. The van der Waals surface area contributed by atoms with E-state index in [9.17, 15) is 4.79 Å². The fourth-order valence-electron chi connectivity index (χ4n) is 4.89. The zero-order valence-electron chi connectivity index (χ0n) is 21.1. The van der Waals surface area contributed by atoms with Crippen LogP contribution < -0.4 is 10.1 Å². The predicted octanol–water partition coefficient (Wildman–Crippen LogP) is 4.57. The van der Waals surface area contributed by atoms with Gasteiger partial charge in [0.1, 0.15) is 23.2 Å². The molecule has 1 aliphatic carbocycles. The van der Waals surface area contributed by atoms with Crippen molar-refractivity contribution in [1.29, 1.82) is 0 Å². The topological polar surface area (TPSA) is 96.3 Å². The average Bonchev–Trinajstić information content (AvgIpc) is 3.45. The molecule has 188 valence electrons. The van der Waals surface area contributed by atoms with Crippen molar-refractivity contribution in [3.8, 4) is 5.75 Å². The molecular formula is C28H33N5O3. The summed E-state index contributed by atoms with van der Waals surface area (Å²) in [5.74, 6) is 0.702. The number of rotatable bonds is 9. The van der Waals surface area contributed by atoms with Crippen molar-refractivity contribution in [3.63, 3.8) is 0 Å². The van der Waals surface area contributed by atoms with Gasteiger partial charge < -0.3 is 15.0 Å². The minimum absolute atomic E-state index is 0.0777. The second-order valence-electron chi connectivity index (χ2n) is 9.80. The lowest BCUT2D eigenvalue weighted by Crippen LogP contribution is -2.33. The van der Waals surface area contributed by atoms with Crippen molar-refractivity contribution >= 4 is 16.8 Å². The molecule has 0 saturated heterocycles. The number of nitrogens with one attached hydrogen (secondary N) is 2. The molecule has 2 N–H and O–H groups in total. The quantitative estimate of drug-likeness (QED) is 0.359. The fourth-order valence-corrected chi connectivity index (χ4v) is 4.89. The van der Waals surface area contributed by atoms with E-state index in [1.807, 2.05) is 57.3 Å². The number of aryl methyl sites for hydroxylation is 3. The maximum atomic E-state index is 12.9. The van der Waals surface area contributed by atoms with Gasteiger partial charge in [0, 0.05) is 35.2 Å². The summed E-state index contributed by atoms with van der Waals surface area (Å²) < 4.78 is 10.9. The standard InChI is InChI=1S/C28H33N5O3/c1-18(35-22-8-6-7-20(13-22)16-33(3)17-27-19(2)31-36-32-27)15-29-28(34)21-11-12-26-24(14-21)23-9-4-5-10-25(23)30-26/h6-8,11-14,18,30H,4-5,9-10,15-17H2,1-3H3,(H,29,34)/t18-/m1/s1. The molecule has 0 bridgehead atoms. The Morgan fingerprint density at radius 1 is 1.17 bits per heavy atom. The Kier molecular flexibility index (Phi) is 7.04. The zero-order chi connectivity index (χ0) is 25.1. The third-order valence-corrected chi connectivity index (χ3v) is 6.76. The third-order valence-electron chi connectivity index (χ3n) is 6.76. The van der Waals surface area contributed by atoms with Gasteiger partial charge in [0.05, 0.1) is 6.54 Å². The van der Waals surface area contributed by atoms with E-state index in [0.29, 0.717) is 18.7 Å². The van der Waals surface area contributed by atoms with Crippen molar-refractivity contribution in [2.24, 2.45) is 0 Å². The highest BCUT2D eigenvalue weighted by Gasteiger charge is 2.17. The Hall–Kier alpha value is -3.65. The first-order chi connectivity index (χ1) is 17.5. The SMILES string of the molecule is Cc1nonc1CN(C)Cc1cccc(O[C@H](C)CNC(=O)c2ccc3[nH]c4c(c3c2)CCCC4)c1. The number of hydrogen-bond donors (Lipinski definition) is 2. The number of benzene rings is 2. The second-order valence-corrected chi connectivity index (χ2v) is 9.80. The van der Waals surface area contributed by atoms with E-state index in [-0.39, 0.29) is 12.0 Å². The van der Waals surface area contributed by atoms with Crippen LogP contribution in [0.4, 0.5) is 0 Å². The van der Waals surface area contributed by atoms with Crippen LogP contribution in [0.3, 0.4) is 0 Å². The van der Waals surface area contributed by atoms with Crippen LogP contribution in [0.1, 0.15) is 58.3 Å². The minimum atomic E-state index is -0.172. The van der Waals surface area contributed by atoms with Crippen LogP contribution in [0.15, 0.2) is 47.1 Å². The van der Waals surface area contributed by atoms with Gasteiger partial charge in [-0.15, -0.1) is 0 Å². The summed E-state index contributed by atoms with van der Waals surface area (Å²) >= 11 is 0. The van der Waals surface area contributed by atoms with Crippen LogP contribution in [-0.4, -0.2) is 45.8 Å². The van der Waals surface area contributed by atoms with Gasteiger partial charge in [-0.3, -0.25) is 9.69 Å². The fraction of sp³-hybridized carbons (Fsp3) is 0.393. The average molecular weight is 488 g/mol. The van der Waals surface area contributed by atoms with Gasteiger partial charge >= 0.3 is 0 Å². The number of H-pyrrole nitrogens is 1. The lowest BCUT2D eigenvalue weighted by Gasteiger charge is -2.18. The van der Waals surface area contributed by atoms with E-state index in [2.05, 4.69) is 31.6 Å². The lowest BCUT2D eigenvalue weighted by molar-refractivity contribution is 0.0932. The molecule has 2 aromatic carbocycles. The van der Waals surface area contributed by atoms with Crippen LogP contribution in [0.2, 0.25) is 0 Å². The Morgan fingerprint density at radius 3 is 2.86 bits per heavy atom. The Balaban J connectivity index is 1.15. The van der Waals surface area contributed by atoms with Gasteiger partial charge in [0.15, 0.2) is 0 Å². The van der Waals surface area contributed by atoms with Crippen LogP contribution in [0, 0.1) is 6.92 Å². The van der Waals surface area contributed by atoms with Gasteiger partial charge in [0.25, 0.3) is 5.91 Å². The first kappa shape index (κ1) is 24.1. The molecule has 2 aromatic heterocycles. The molecule has 36 heavy (non-hydrogen) atoms. The number of amides is 1. The Labute approximate surface area is 211 Å². The summed E-state index contributed by atoms with van der Waals surface area (Å²) in [7, 11) is 2.03. The number of fused-ring (bicyclic) bond motifs is 3. The molecule has 0 aliphatic heterocycles. The minimum Gasteiger partial charge on any atom is -0.489 e. The first-order valence-corrected chi connectivity index (χ1v) is 12.6. The summed E-state index contributed by atoms with van der Waals surface area (Å²) in [6.45, 7) is 5.66. The number of hydrogen-bond acceptors (Lipinski definition) is 6. The van der Waals surface area contributed by atoms with Gasteiger partial charge in [-0.05, 0) is 88.0 Å². The third kappa shape index (κ3) is 5.44. The number of aromatic amines is 1. The highest BCUT2D eigenvalue weighted by Crippen LogP contribution is 2.29. The molecule has 4 aromatic rings. The highest BCUT2D eigenvalue weighted by atomic mass is 16.6. The van der Waals surface area contributed by atoms with Gasteiger partial charge in [-0.2, -0.15) is 0 Å². The van der Waals surface area contributed by atoms with Crippen molar-refractivity contribution in [1.82, 2.24) is 25.5 Å². The molecule has 0 saturated carbocycles. The zero-order valence-corrected chi connectivity index (χ0v) is 21.1. The number of nitrogens with zero attached hydrogens (tertiary/aromatic N) is 3. The van der Waals surface area contributed by atoms with Gasteiger partial charge in [-0.25, -0.2) is 4.63 Å². The van der Waals surface area contributed by atoms with Crippen LogP contribution >= 0.6 is 0 Å². The molecule has 1 amide bonds. The van der Waals surface area contributed by atoms with Crippen molar-refractivity contribution < 1.29 is 14.2 Å². The smallest absolute Gasteiger partial charge is 0.251 e. The van der Waals surface area contributed by atoms with E-state index in [4.69, 9.17) is 9.37 Å². The summed E-state index contributed by atoms with van der Waals surface area (Å²) in [6, 6.07) is 14.0. The van der Waals surface area contributed by atoms with E-state index < -0.39 is 0 Å². The van der Waals surface area contributed by atoms with Crippen LogP contribution in [0.25, 0.3) is 10.9 Å². The normalized spacial score (nSPS) is 14.1. The Morgan fingerprint density at radius 2 is 2.03 bits per heavy atom. The van der Waals surface area contributed by atoms with Crippen molar-refractivity contribution in [2.75, 3.05) is 13.6 Å². The summed E-state index contributed by atoms with van der Waals surface area (Å²) in [5, 5.41) is 12.0. The maximum Gasteiger partial charge on any atom is 0.251 e. The van der Waals surface area contributed by atoms with E-state index >= 15 is 0 Å². The summed E-state index contributed by atoms with van der Waals surface area (Å²) in [4.78, 5) is 18.5. The second kappa shape index (κ2) is 10.5. The Bertz CT molecular complexity index is 1360. The number of carbonyl (C=O) groups is 1. The molecule has 1 aliphatic rings. The molecular weight excluding hydrogens is 454 g/mol. The molecule has 0 spiro atoms. The summed E-state index contributed by atoms with van der Waals surface area (Å²) in [5.41, 5.74) is 7.28. The molecule has 0 fully saturated rings. The lowest BCUT2D eigenvalue weighted by atomic mass is 9.95. The van der Waals surface area contributed by atoms with E-state index in [0.717, 1.165) is 47.6 Å². The van der Waals surface area contributed by atoms with Gasteiger partial charge in [0.2, 0.25) is 0 Å². The van der Waals surface area contributed by atoms with E-state index in [1.165, 1.54) is 29.5 Å². The monoisotopic (exact) mass is 487 g/mol. The van der Waals surface area contributed by atoms with Crippen LogP contribution in [0.5, 0.6) is 5.75 Å². The number of ether oxygens (including phenoxy) is 1. The van der Waals surface area contributed by atoms with Crippen LogP contribution in [-0.2, 0) is 25.9 Å². The molecule has 2 heterocycles. The van der Waals surface area contributed by atoms with Crippen molar-refractivity contribution in [3.05, 3.63) is 76.2 Å². The maximum absolute atomic E-state index is 12.9. The number of aromatic nitrogens is 3. The van der Waals surface area contributed by atoms with E-state index in [1.54, 1.807) is 0 Å². The molecule has 0 radical (unpaired) electrons. The molecule has 1 atom stereocenters. The predicted molar refractivity (Wildman–Crippen MR) is 138 cm³/mol. The van der Waals surface area contributed by atoms with Crippen molar-refractivity contribution in [2.45, 2.75) is 58.7 Å².